The van der Waals surface area contributed by atoms with Crippen LogP contribution in [0.2, 0.25) is 0 Å². The molecule has 2 amide bonds. The molecule has 8 heteroatoms. The average Bonchev–Trinajstić information content (AvgIpc) is 2.39. The van der Waals surface area contributed by atoms with Gasteiger partial charge in [-0.3, -0.25) is 4.79 Å². The topological polar surface area (TPSA) is 67.4 Å². The molecule has 0 aliphatic carbocycles. The van der Waals surface area contributed by atoms with E-state index in [4.69, 9.17) is 4.74 Å². The monoisotopic (exact) mass is 346 g/mol. The van der Waals surface area contributed by atoms with Crippen molar-refractivity contribution in [2.24, 2.45) is 0 Å². The number of rotatable bonds is 6. The molecule has 0 atom stereocenters. The number of amides is 2. The molecule has 1 rings (SSSR count). The number of thioether (sulfide) groups is 1. The molecule has 0 unspecified atom stereocenters. The molecular weight excluding hydrogens is 326 g/mol. The SMILES string of the molecule is CC(C)(C)OC(=O)NCCSCC(=O)Nc1ccc(F)cc1F. The van der Waals surface area contributed by atoms with Crippen molar-refractivity contribution in [3.05, 3.63) is 29.8 Å². The fraction of sp³-hybridized carbons (Fsp3) is 0.467. The molecule has 2 N–H and O–H groups in total. The minimum Gasteiger partial charge on any atom is -0.444 e. The normalized spacial score (nSPS) is 11.0. The molecule has 0 aromatic heterocycles. The van der Waals surface area contributed by atoms with Crippen LogP contribution in [0.25, 0.3) is 0 Å². The number of halogens is 2. The van der Waals surface area contributed by atoms with Crippen LogP contribution in [-0.2, 0) is 9.53 Å². The fourth-order valence-corrected chi connectivity index (χ4v) is 2.13. The van der Waals surface area contributed by atoms with Gasteiger partial charge >= 0.3 is 6.09 Å². The van der Waals surface area contributed by atoms with Gasteiger partial charge in [0.1, 0.15) is 17.2 Å². The Bertz CT molecular complexity index is 562. The van der Waals surface area contributed by atoms with Crippen molar-refractivity contribution < 1.29 is 23.1 Å². The molecule has 0 heterocycles. The third-order valence-electron chi connectivity index (χ3n) is 2.35. The van der Waals surface area contributed by atoms with Crippen molar-refractivity contribution >= 4 is 29.4 Å². The summed E-state index contributed by atoms with van der Waals surface area (Å²) in [7, 11) is 0. The van der Waals surface area contributed by atoms with Crippen molar-refractivity contribution in [1.82, 2.24) is 5.32 Å². The average molecular weight is 346 g/mol. The number of hydrogen-bond donors (Lipinski definition) is 2. The van der Waals surface area contributed by atoms with Crippen LogP contribution in [0.15, 0.2) is 18.2 Å². The maximum absolute atomic E-state index is 13.4. The fourth-order valence-electron chi connectivity index (χ4n) is 1.48. The van der Waals surface area contributed by atoms with E-state index in [9.17, 15) is 18.4 Å². The molecule has 0 fully saturated rings. The Kier molecular flexibility index (Phi) is 7.28. The van der Waals surface area contributed by atoms with E-state index in [1.165, 1.54) is 11.8 Å². The van der Waals surface area contributed by atoms with E-state index in [1.807, 2.05) is 0 Å². The molecule has 0 aliphatic rings. The largest absolute Gasteiger partial charge is 0.444 e. The summed E-state index contributed by atoms with van der Waals surface area (Å²) >= 11 is 1.27. The van der Waals surface area contributed by atoms with Crippen LogP contribution in [-0.4, -0.2) is 35.7 Å². The van der Waals surface area contributed by atoms with Gasteiger partial charge in [-0.25, -0.2) is 13.6 Å². The highest BCUT2D eigenvalue weighted by Gasteiger charge is 2.15. The van der Waals surface area contributed by atoms with Crippen LogP contribution in [0.5, 0.6) is 0 Å². The number of anilines is 1. The zero-order valence-electron chi connectivity index (χ0n) is 13.2. The number of alkyl carbamates (subject to hydrolysis) is 1. The Morgan fingerprint density at radius 1 is 1.26 bits per heavy atom. The van der Waals surface area contributed by atoms with E-state index in [2.05, 4.69) is 10.6 Å². The molecule has 23 heavy (non-hydrogen) atoms. The van der Waals surface area contributed by atoms with Crippen LogP contribution in [0, 0.1) is 11.6 Å². The third-order valence-corrected chi connectivity index (χ3v) is 3.31. The number of benzene rings is 1. The number of hydrogen-bond acceptors (Lipinski definition) is 4. The Morgan fingerprint density at radius 3 is 2.57 bits per heavy atom. The molecule has 0 saturated heterocycles. The quantitative estimate of drug-likeness (QED) is 0.777. The maximum atomic E-state index is 13.4. The summed E-state index contributed by atoms with van der Waals surface area (Å²) in [4.78, 5) is 23.0. The first kappa shape index (κ1) is 19.2. The summed E-state index contributed by atoms with van der Waals surface area (Å²) in [6.45, 7) is 5.64. The highest BCUT2D eigenvalue weighted by Crippen LogP contribution is 2.15. The number of nitrogens with one attached hydrogen (secondary N) is 2. The van der Waals surface area contributed by atoms with Gasteiger partial charge in [0.15, 0.2) is 0 Å². The lowest BCUT2D eigenvalue weighted by Gasteiger charge is -2.19. The molecule has 1 aromatic carbocycles. The molecule has 0 saturated carbocycles. The molecule has 0 radical (unpaired) electrons. The zero-order valence-corrected chi connectivity index (χ0v) is 14.1. The Morgan fingerprint density at radius 2 is 1.96 bits per heavy atom. The van der Waals surface area contributed by atoms with E-state index in [0.717, 1.165) is 12.1 Å². The van der Waals surface area contributed by atoms with Crippen LogP contribution in [0.3, 0.4) is 0 Å². The van der Waals surface area contributed by atoms with Crippen molar-refractivity contribution in [2.45, 2.75) is 26.4 Å². The Balaban J connectivity index is 2.21. The van der Waals surface area contributed by atoms with E-state index in [-0.39, 0.29) is 11.4 Å². The summed E-state index contributed by atoms with van der Waals surface area (Å²) in [5, 5.41) is 4.92. The predicted molar refractivity (Wildman–Crippen MR) is 86.5 cm³/mol. The van der Waals surface area contributed by atoms with Gasteiger partial charge in [-0.2, -0.15) is 11.8 Å². The standard InChI is InChI=1S/C15H20F2N2O3S/c1-15(2,3)22-14(21)18-6-7-23-9-13(20)19-12-5-4-10(16)8-11(12)17/h4-5,8H,6-7,9H2,1-3H3,(H,18,21)(H,19,20). The van der Waals surface area contributed by atoms with Gasteiger partial charge in [0.2, 0.25) is 5.91 Å². The summed E-state index contributed by atoms with van der Waals surface area (Å²) < 4.78 is 31.2. The van der Waals surface area contributed by atoms with Crippen LogP contribution < -0.4 is 10.6 Å². The Hall–Kier alpha value is -1.83. The molecular formula is C15H20F2N2O3S. The zero-order chi connectivity index (χ0) is 17.5. The summed E-state index contributed by atoms with van der Waals surface area (Å²) in [5.74, 6) is -1.35. The van der Waals surface area contributed by atoms with Gasteiger partial charge in [-0.1, -0.05) is 0 Å². The van der Waals surface area contributed by atoms with Gasteiger partial charge in [-0.05, 0) is 32.9 Å². The maximum Gasteiger partial charge on any atom is 0.407 e. The molecule has 0 bridgehead atoms. The number of carbonyl (C=O) groups is 2. The van der Waals surface area contributed by atoms with Gasteiger partial charge in [0, 0.05) is 18.4 Å². The second-order valence-corrected chi connectivity index (χ2v) is 6.76. The second-order valence-electron chi connectivity index (χ2n) is 5.65. The summed E-state index contributed by atoms with van der Waals surface area (Å²) in [5.41, 5.74) is -0.625. The van der Waals surface area contributed by atoms with Crippen LogP contribution >= 0.6 is 11.8 Å². The third kappa shape index (κ3) is 8.39. The predicted octanol–water partition coefficient (Wildman–Crippen LogP) is 3.16. The van der Waals surface area contributed by atoms with Gasteiger partial charge in [0.25, 0.3) is 0 Å². The van der Waals surface area contributed by atoms with Crippen molar-refractivity contribution in [1.29, 1.82) is 0 Å². The highest BCUT2D eigenvalue weighted by atomic mass is 32.2. The molecule has 1 aromatic rings. The van der Waals surface area contributed by atoms with Crippen LogP contribution in [0.1, 0.15) is 20.8 Å². The lowest BCUT2D eigenvalue weighted by atomic mass is 10.2. The number of carbonyl (C=O) groups excluding carboxylic acids is 2. The summed E-state index contributed by atoms with van der Waals surface area (Å²) in [6.07, 6.45) is -0.518. The lowest BCUT2D eigenvalue weighted by molar-refractivity contribution is -0.113. The molecule has 5 nitrogen and oxygen atoms in total. The van der Waals surface area contributed by atoms with Crippen LogP contribution in [0.4, 0.5) is 19.3 Å². The number of ether oxygens (including phenoxy) is 1. The first-order chi connectivity index (χ1) is 10.7. The van der Waals surface area contributed by atoms with Crippen molar-refractivity contribution in [3.8, 4) is 0 Å². The van der Waals surface area contributed by atoms with Crippen molar-refractivity contribution in [2.75, 3.05) is 23.4 Å². The molecule has 0 spiro atoms. The van der Waals surface area contributed by atoms with Gasteiger partial charge in [-0.15, -0.1) is 0 Å². The minimum absolute atomic E-state index is 0.0659. The Labute approximate surface area is 138 Å². The van der Waals surface area contributed by atoms with Crippen molar-refractivity contribution in [3.63, 3.8) is 0 Å². The first-order valence-electron chi connectivity index (χ1n) is 6.97. The minimum atomic E-state index is -0.824. The van der Waals surface area contributed by atoms with E-state index in [0.29, 0.717) is 18.4 Å². The molecule has 0 aliphatic heterocycles. The van der Waals surface area contributed by atoms with Gasteiger partial charge in [0.05, 0.1) is 11.4 Å². The first-order valence-corrected chi connectivity index (χ1v) is 8.12. The molecule has 128 valence electrons. The highest BCUT2D eigenvalue weighted by molar-refractivity contribution is 7.99. The lowest BCUT2D eigenvalue weighted by Crippen LogP contribution is -2.33. The van der Waals surface area contributed by atoms with Gasteiger partial charge < -0.3 is 15.4 Å². The van der Waals surface area contributed by atoms with E-state index in [1.54, 1.807) is 20.8 Å². The smallest absolute Gasteiger partial charge is 0.407 e. The van der Waals surface area contributed by atoms with E-state index < -0.39 is 29.2 Å². The summed E-state index contributed by atoms with van der Waals surface area (Å²) in [6, 6.07) is 2.93. The second kappa shape index (κ2) is 8.71. The van der Waals surface area contributed by atoms with E-state index >= 15 is 0 Å².